The fraction of sp³-hybridized carbons (Fsp3) is 0.429. The van der Waals surface area contributed by atoms with Crippen LogP contribution in [0.2, 0.25) is 0 Å². The summed E-state index contributed by atoms with van der Waals surface area (Å²) in [7, 11) is 0. The maximum Gasteiger partial charge on any atom is 0.416 e. The quantitative estimate of drug-likeness (QED) is 0.449. The molecule has 1 N–H and O–H groups in total. The Balaban J connectivity index is 2.46. The molecule has 0 aliphatic carbocycles. The Bertz CT molecular complexity index is 432. The second kappa shape index (κ2) is 8.01. The molecule has 112 valence electrons. The highest BCUT2D eigenvalue weighted by molar-refractivity contribution is 5.30. The highest BCUT2D eigenvalue weighted by Gasteiger charge is 2.33. The first-order valence-corrected chi connectivity index (χ1v) is 6.20. The van der Waals surface area contributed by atoms with Crippen molar-refractivity contribution in [3.63, 3.8) is 0 Å². The van der Waals surface area contributed by atoms with Gasteiger partial charge in [-0.05, 0) is 24.1 Å². The lowest BCUT2D eigenvalue weighted by molar-refractivity contribution is -0.138. The van der Waals surface area contributed by atoms with Crippen LogP contribution in [0.4, 0.5) is 17.6 Å². The van der Waals surface area contributed by atoms with Crippen molar-refractivity contribution >= 4 is 0 Å². The van der Waals surface area contributed by atoms with Crippen LogP contribution < -0.4 is 5.32 Å². The summed E-state index contributed by atoms with van der Waals surface area (Å²) in [5.41, 5.74) is -0.928. The standard InChI is InChI=1S/C14H17F4NO/c1-2-3-7-20-8-6-19-10-11-4-5-12(15)9-13(11)14(16,17)18/h2,4-5,9,19H,1,3,6-8,10H2. The molecular weight excluding hydrogens is 274 g/mol. The van der Waals surface area contributed by atoms with E-state index >= 15 is 0 Å². The van der Waals surface area contributed by atoms with Crippen molar-refractivity contribution in [1.29, 1.82) is 0 Å². The van der Waals surface area contributed by atoms with Gasteiger partial charge in [-0.2, -0.15) is 13.2 Å². The van der Waals surface area contributed by atoms with Crippen molar-refractivity contribution in [3.8, 4) is 0 Å². The lowest BCUT2D eigenvalue weighted by atomic mass is 10.1. The Hall–Kier alpha value is -1.40. The van der Waals surface area contributed by atoms with Gasteiger partial charge in [0.05, 0.1) is 18.8 Å². The third kappa shape index (κ3) is 5.71. The van der Waals surface area contributed by atoms with E-state index in [1.807, 2.05) is 0 Å². The third-order valence-corrected chi connectivity index (χ3v) is 2.58. The highest BCUT2D eigenvalue weighted by atomic mass is 19.4. The Morgan fingerprint density at radius 1 is 1.25 bits per heavy atom. The molecule has 6 heteroatoms. The van der Waals surface area contributed by atoms with E-state index < -0.39 is 17.6 Å². The number of nitrogens with one attached hydrogen (secondary N) is 1. The number of ether oxygens (including phenoxy) is 1. The maximum atomic E-state index is 12.9. The van der Waals surface area contributed by atoms with Crippen molar-refractivity contribution in [3.05, 3.63) is 47.8 Å². The van der Waals surface area contributed by atoms with Crippen molar-refractivity contribution in [2.24, 2.45) is 0 Å². The molecular formula is C14H17F4NO. The number of rotatable bonds is 8. The number of hydrogen-bond donors (Lipinski definition) is 1. The van der Waals surface area contributed by atoms with Gasteiger partial charge in [-0.3, -0.25) is 0 Å². The predicted molar refractivity (Wildman–Crippen MR) is 68.7 cm³/mol. The van der Waals surface area contributed by atoms with E-state index in [0.717, 1.165) is 18.6 Å². The minimum atomic E-state index is -4.56. The van der Waals surface area contributed by atoms with Crippen LogP contribution in [-0.4, -0.2) is 19.8 Å². The molecule has 0 spiro atoms. The predicted octanol–water partition coefficient (Wildman–Crippen LogP) is 3.53. The van der Waals surface area contributed by atoms with E-state index in [1.54, 1.807) is 6.08 Å². The van der Waals surface area contributed by atoms with Crippen molar-refractivity contribution in [2.45, 2.75) is 19.1 Å². The van der Waals surface area contributed by atoms with Crippen LogP contribution in [0.5, 0.6) is 0 Å². The molecule has 0 amide bonds. The lowest BCUT2D eigenvalue weighted by Crippen LogP contribution is -2.21. The zero-order valence-electron chi connectivity index (χ0n) is 11.0. The minimum absolute atomic E-state index is 0.0138. The summed E-state index contributed by atoms with van der Waals surface area (Å²) in [6.07, 6.45) is -2.10. The zero-order chi connectivity index (χ0) is 15.0. The molecule has 1 aromatic rings. The second-order valence-corrected chi connectivity index (χ2v) is 4.17. The summed E-state index contributed by atoms with van der Waals surface area (Å²) in [5, 5.41) is 2.84. The molecule has 0 heterocycles. The molecule has 0 aliphatic heterocycles. The van der Waals surface area contributed by atoms with Gasteiger partial charge in [0.1, 0.15) is 5.82 Å². The van der Waals surface area contributed by atoms with Gasteiger partial charge in [-0.1, -0.05) is 12.1 Å². The molecule has 0 saturated carbocycles. The smallest absolute Gasteiger partial charge is 0.380 e. The molecule has 0 saturated heterocycles. The first-order chi connectivity index (χ1) is 9.45. The van der Waals surface area contributed by atoms with Gasteiger partial charge in [0, 0.05) is 13.1 Å². The van der Waals surface area contributed by atoms with Gasteiger partial charge in [0.15, 0.2) is 0 Å². The molecule has 0 bridgehead atoms. The fourth-order valence-corrected chi connectivity index (χ4v) is 1.60. The first kappa shape index (κ1) is 16.7. The summed E-state index contributed by atoms with van der Waals surface area (Å²) in [5.74, 6) is -0.895. The third-order valence-electron chi connectivity index (χ3n) is 2.58. The molecule has 1 aromatic carbocycles. The number of benzene rings is 1. The fourth-order valence-electron chi connectivity index (χ4n) is 1.60. The highest BCUT2D eigenvalue weighted by Crippen LogP contribution is 2.32. The van der Waals surface area contributed by atoms with Gasteiger partial charge < -0.3 is 10.1 Å². The van der Waals surface area contributed by atoms with Crippen LogP contribution in [0.25, 0.3) is 0 Å². The minimum Gasteiger partial charge on any atom is -0.380 e. The summed E-state index contributed by atoms with van der Waals surface area (Å²) < 4.78 is 56.2. The Kier molecular flexibility index (Phi) is 6.67. The van der Waals surface area contributed by atoms with Gasteiger partial charge in [0.2, 0.25) is 0 Å². The molecule has 0 atom stereocenters. The number of halogens is 4. The number of alkyl halides is 3. The molecule has 0 radical (unpaired) electrons. The SMILES string of the molecule is C=CCCOCCNCc1ccc(F)cc1C(F)(F)F. The Labute approximate surface area is 115 Å². The van der Waals surface area contributed by atoms with Gasteiger partial charge in [0.25, 0.3) is 0 Å². The van der Waals surface area contributed by atoms with E-state index in [9.17, 15) is 17.6 Å². The van der Waals surface area contributed by atoms with E-state index in [4.69, 9.17) is 4.74 Å². The van der Waals surface area contributed by atoms with Gasteiger partial charge in [-0.25, -0.2) is 4.39 Å². The molecule has 1 rings (SSSR count). The summed E-state index contributed by atoms with van der Waals surface area (Å²) in [4.78, 5) is 0. The van der Waals surface area contributed by atoms with Crippen LogP contribution in [0.3, 0.4) is 0 Å². The average molecular weight is 291 g/mol. The van der Waals surface area contributed by atoms with Crippen molar-refractivity contribution in [1.82, 2.24) is 5.32 Å². The molecule has 0 unspecified atom stereocenters. The van der Waals surface area contributed by atoms with E-state index in [-0.39, 0.29) is 12.1 Å². The van der Waals surface area contributed by atoms with E-state index in [0.29, 0.717) is 25.8 Å². The van der Waals surface area contributed by atoms with Crippen LogP contribution in [0.15, 0.2) is 30.9 Å². The molecule has 20 heavy (non-hydrogen) atoms. The molecule has 0 fully saturated rings. The monoisotopic (exact) mass is 291 g/mol. The topological polar surface area (TPSA) is 21.3 Å². The van der Waals surface area contributed by atoms with Gasteiger partial charge >= 0.3 is 6.18 Å². The normalized spacial score (nSPS) is 11.6. The van der Waals surface area contributed by atoms with Crippen LogP contribution in [0.1, 0.15) is 17.5 Å². The van der Waals surface area contributed by atoms with Crippen LogP contribution in [-0.2, 0) is 17.5 Å². The van der Waals surface area contributed by atoms with Crippen molar-refractivity contribution in [2.75, 3.05) is 19.8 Å². The largest absolute Gasteiger partial charge is 0.416 e. The molecule has 0 aromatic heterocycles. The second-order valence-electron chi connectivity index (χ2n) is 4.17. The summed E-state index contributed by atoms with van der Waals surface area (Å²) >= 11 is 0. The molecule has 0 aliphatic rings. The maximum absolute atomic E-state index is 12.9. The van der Waals surface area contributed by atoms with Crippen LogP contribution >= 0.6 is 0 Å². The van der Waals surface area contributed by atoms with Gasteiger partial charge in [-0.15, -0.1) is 6.58 Å². The van der Waals surface area contributed by atoms with Crippen LogP contribution in [0, 0.1) is 5.82 Å². The Morgan fingerprint density at radius 3 is 2.65 bits per heavy atom. The molecule has 2 nitrogen and oxygen atoms in total. The summed E-state index contributed by atoms with van der Waals surface area (Å²) in [6, 6.07) is 2.67. The van der Waals surface area contributed by atoms with E-state index in [2.05, 4.69) is 11.9 Å². The summed E-state index contributed by atoms with van der Waals surface area (Å²) in [6.45, 7) is 4.91. The lowest BCUT2D eigenvalue weighted by Gasteiger charge is -2.13. The van der Waals surface area contributed by atoms with E-state index in [1.165, 1.54) is 0 Å². The first-order valence-electron chi connectivity index (χ1n) is 6.20. The van der Waals surface area contributed by atoms with Crippen molar-refractivity contribution < 1.29 is 22.3 Å². The Morgan fingerprint density at radius 2 is 2.00 bits per heavy atom. The zero-order valence-corrected chi connectivity index (χ0v) is 11.0. The number of hydrogen-bond acceptors (Lipinski definition) is 2. The average Bonchev–Trinajstić information content (AvgIpc) is 2.38.